The van der Waals surface area contributed by atoms with E-state index >= 15 is 0 Å². The summed E-state index contributed by atoms with van der Waals surface area (Å²) < 4.78 is 1.03. The maximum Gasteiger partial charge on any atom is 0.137 e. The van der Waals surface area contributed by atoms with E-state index in [2.05, 4.69) is 74.5 Å². The second kappa shape index (κ2) is 31.2. The van der Waals surface area contributed by atoms with Gasteiger partial charge in [-0.2, -0.15) is 0 Å². The van der Waals surface area contributed by atoms with Gasteiger partial charge in [0.25, 0.3) is 0 Å². The third-order valence-corrected chi connectivity index (χ3v) is 10.3. The van der Waals surface area contributed by atoms with Crippen molar-refractivity contribution in [2.24, 2.45) is 0 Å². The first-order chi connectivity index (χ1) is 22.3. The molecule has 1 nitrogen and oxygen atoms in total. The first-order valence-corrected chi connectivity index (χ1v) is 20.3. The Kier molecular flexibility index (Phi) is 29.1. The second-order valence-electron chi connectivity index (χ2n) is 14.3. The van der Waals surface area contributed by atoms with Crippen molar-refractivity contribution in [3.8, 4) is 0 Å². The Morgan fingerprint density at radius 1 is 0.304 bits per heavy atom. The Hall–Kier alpha value is -1.12. The van der Waals surface area contributed by atoms with Crippen LogP contribution in [-0.4, -0.2) is 13.1 Å². The minimum absolute atomic E-state index is 0. The molecule has 46 heavy (non-hydrogen) atoms. The standard InChI is InChI=1S/C44H76N.BrH/c1-3-5-7-9-11-13-15-17-19-21-23-25-27-35-41-45(43-37-31-29-32-38-43,44-39-33-30-34-40-44)42-36-28-26-24-22-20-18-16-14-12-10-8-6-4-2;/h29-34,37-40H,3-28,35-36,41-42H2,1-2H3;1H/q+1;/p-1. The van der Waals surface area contributed by atoms with Gasteiger partial charge in [-0.05, 0) is 49.9 Å². The molecule has 0 bridgehead atoms. The van der Waals surface area contributed by atoms with E-state index in [1.165, 1.54) is 204 Å². The number of para-hydroxylation sites is 2. The van der Waals surface area contributed by atoms with Crippen molar-refractivity contribution >= 4 is 11.4 Å². The van der Waals surface area contributed by atoms with Gasteiger partial charge in [0.2, 0.25) is 0 Å². The Balaban J connectivity index is 0.0000106. The van der Waals surface area contributed by atoms with E-state index in [1.54, 1.807) is 0 Å². The third-order valence-electron chi connectivity index (χ3n) is 10.3. The predicted octanol–water partition coefficient (Wildman–Crippen LogP) is 12.3. The number of benzene rings is 2. The molecular weight excluding hydrogens is 622 g/mol. The lowest BCUT2D eigenvalue weighted by molar-refractivity contribution is -0.00000964. The molecule has 0 radical (unpaired) electrons. The Labute approximate surface area is 299 Å². The van der Waals surface area contributed by atoms with Crippen molar-refractivity contribution < 1.29 is 17.0 Å². The molecule has 0 unspecified atom stereocenters. The van der Waals surface area contributed by atoms with Gasteiger partial charge in [0.1, 0.15) is 11.4 Å². The molecule has 0 saturated heterocycles. The van der Waals surface area contributed by atoms with Crippen LogP contribution in [0.15, 0.2) is 60.7 Å². The van der Waals surface area contributed by atoms with Gasteiger partial charge in [0.05, 0.1) is 13.1 Å². The number of quaternary nitrogens is 1. The van der Waals surface area contributed by atoms with Gasteiger partial charge in [0, 0.05) is 0 Å². The van der Waals surface area contributed by atoms with Crippen molar-refractivity contribution in [2.75, 3.05) is 13.1 Å². The molecule has 0 amide bonds. The molecule has 2 heteroatoms. The van der Waals surface area contributed by atoms with E-state index in [9.17, 15) is 0 Å². The van der Waals surface area contributed by atoms with Crippen LogP contribution in [0.3, 0.4) is 0 Å². The molecule has 0 aliphatic rings. The Bertz CT molecular complexity index is 792. The molecule has 2 aromatic rings. The van der Waals surface area contributed by atoms with E-state index in [0.717, 1.165) is 4.48 Å². The summed E-state index contributed by atoms with van der Waals surface area (Å²) in [5, 5.41) is 0. The molecule has 264 valence electrons. The molecule has 0 aliphatic heterocycles. The highest BCUT2D eigenvalue weighted by Crippen LogP contribution is 2.36. The number of unbranched alkanes of at least 4 members (excludes halogenated alkanes) is 26. The topological polar surface area (TPSA) is 0 Å². The number of hydrogen-bond donors (Lipinski definition) is 0. The summed E-state index contributed by atoms with van der Waals surface area (Å²) in [6.07, 6.45) is 39.8. The predicted molar refractivity (Wildman–Crippen MR) is 205 cm³/mol. The number of nitrogens with zero attached hydrogens (tertiary/aromatic N) is 1. The Morgan fingerprint density at radius 2 is 0.522 bits per heavy atom. The van der Waals surface area contributed by atoms with E-state index in [-0.39, 0.29) is 17.0 Å². The quantitative estimate of drug-likeness (QED) is 0.0527. The molecule has 0 N–H and O–H groups in total. The molecule has 0 saturated carbocycles. The smallest absolute Gasteiger partial charge is 0.137 e. The van der Waals surface area contributed by atoms with Crippen LogP contribution in [0.2, 0.25) is 0 Å². The van der Waals surface area contributed by atoms with Crippen LogP contribution in [0, 0.1) is 0 Å². The zero-order valence-corrected chi connectivity index (χ0v) is 32.4. The van der Waals surface area contributed by atoms with Gasteiger partial charge in [-0.1, -0.05) is 204 Å². The Morgan fingerprint density at radius 3 is 0.761 bits per heavy atom. The molecular formula is C44H76BrN. The lowest BCUT2D eigenvalue weighted by atomic mass is 10.0. The van der Waals surface area contributed by atoms with Crippen LogP contribution in [-0.2, 0) is 0 Å². The molecule has 0 heterocycles. The summed E-state index contributed by atoms with van der Waals surface area (Å²) in [5.41, 5.74) is 2.96. The van der Waals surface area contributed by atoms with Crippen LogP contribution in [0.1, 0.15) is 194 Å². The maximum absolute atomic E-state index is 2.39. The van der Waals surface area contributed by atoms with Gasteiger partial charge >= 0.3 is 0 Å². The summed E-state index contributed by atoms with van der Waals surface area (Å²) in [4.78, 5) is 0. The minimum atomic E-state index is 0. The summed E-state index contributed by atoms with van der Waals surface area (Å²) >= 11 is 0. The highest BCUT2D eigenvalue weighted by atomic mass is 79.9. The van der Waals surface area contributed by atoms with Gasteiger partial charge in [-0.3, -0.25) is 4.48 Å². The van der Waals surface area contributed by atoms with Crippen molar-refractivity contribution in [1.82, 2.24) is 4.48 Å². The van der Waals surface area contributed by atoms with E-state index in [0.29, 0.717) is 0 Å². The molecule has 0 fully saturated rings. The van der Waals surface area contributed by atoms with Crippen LogP contribution in [0.4, 0.5) is 11.4 Å². The van der Waals surface area contributed by atoms with Crippen molar-refractivity contribution in [1.29, 1.82) is 0 Å². The molecule has 2 aromatic carbocycles. The third kappa shape index (κ3) is 20.3. The number of rotatable bonds is 32. The molecule has 0 atom stereocenters. The van der Waals surface area contributed by atoms with Crippen molar-refractivity contribution in [2.45, 2.75) is 194 Å². The fourth-order valence-electron chi connectivity index (χ4n) is 7.36. The van der Waals surface area contributed by atoms with Crippen LogP contribution in [0.5, 0.6) is 0 Å². The van der Waals surface area contributed by atoms with Gasteiger partial charge in [0.15, 0.2) is 0 Å². The van der Waals surface area contributed by atoms with E-state index in [4.69, 9.17) is 0 Å². The zero-order chi connectivity index (χ0) is 31.9. The SMILES string of the molecule is CCCCCCCCCCCCCCCC[N+](CCCCCCCCCCCCCCCC)(c1ccccc1)c1ccccc1.[Br-]. The van der Waals surface area contributed by atoms with Gasteiger partial charge in [-0.25, -0.2) is 0 Å². The normalized spacial score (nSPS) is 11.5. The second-order valence-corrected chi connectivity index (χ2v) is 14.3. The average molecular weight is 699 g/mol. The first kappa shape index (κ1) is 42.9. The number of hydrogen-bond acceptors (Lipinski definition) is 0. The zero-order valence-electron chi connectivity index (χ0n) is 30.8. The number of halogens is 1. The average Bonchev–Trinajstić information content (AvgIpc) is 3.08. The summed E-state index contributed by atoms with van der Waals surface area (Å²) in [7, 11) is 0. The van der Waals surface area contributed by atoms with E-state index < -0.39 is 0 Å². The fraction of sp³-hybridized carbons (Fsp3) is 0.727. The molecule has 0 aromatic heterocycles. The molecule has 2 rings (SSSR count). The molecule has 0 spiro atoms. The van der Waals surface area contributed by atoms with Gasteiger partial charge < -0.3 is 17.0 Å². The lowest BCUT2D eigenvalue weighted by Crippen LogP contribution is -3.00. The minimum Gasteiger partial charge on any atom is -1.00 e. The van der Waals surface area contributed by atoms with E-state index in [1.807, 2.05) is 0 Å². The maximum atomic E-state index is 2.39. The highest BCUT2D eigenvalue weighted by Gasteiger charge is 2.32. The first-order valence-electron chi connectivity index (χ1n) is 20.3. The molecule has 0 aliphatic carbocycles. The van der Waals surface area contributed by atoms with Gasteiger partial charge in [-0.15, -0.1) is 0 Å². The largest absolute Gasteiger partial charge is 1.00 e. The summed E-state index contributed by atoms with van der Waals surface area (Å²) in [6.45, 7) is 7.07. The van der Waals surface area contributed by atoms with Crippen LogP contribution >= 0.6 is 0 Å². The van der Waals surface area contributed by atoms with Crippen molar-refractivity contribution in [3.05, 3.63) is 60.7 Å². The fourth-order valence-corrected chi connectivity index (χ4v) is 7.36. The lowest BCUT2D eigenvalue weighted by Gasteiger charge is -2.38. The van der Waals surface area contributed by atoms with Crippen LogP contribution in [0.25, 0.3) is 0 Å². The monoisotopic (exact) mass is 698 g/mol. The van der Waals surface area contributed by atoms with Crippen LogP contribution < -0.4 is 21.5 Å². The summed E-state index contributed by atoms with van der Waals surface area (Å²) in [5.74, 6) is 0. The highest BCUT2D eigenvalue weighted by molar-refractivity contribution is 5.58. The van der Waals surface area contributed by atoms with Crippen molar-refractivity contribution in [3.63, 3.8) is 0 Å². The summed E-state index contributed by atoms with van der Waals surface area (Å²) in [6, 6.07) is 22.9.